The van der Waals surface area contributed by atoms with Crippen LogP contribution in [0, 0.1) is 17.2 Å². The van der Waals surface area contributed by atoms with Crippen molar-refractivity contribution >= 4 is 11.6 Å². The van der Waals surface area contributed by atoms with Crippen LogP contribution in [0.1, 0.15) is 19.3 Å². The molecule has 0 heterocycles. The lowest BCUT2D eigenvalue weighted by Gasteiger charge is -2.16. The summed E-state index contributed by atoms with van der Waals surface area (Å²) in [5.41, 5.74) is 0. The van der Waals surface area contributed by atoms with Gasteiger partial charge in [-0.15, -0.1) is 0 Å². The number of rotatable bonds is 2. The van der Waals surface area contributed by atoms with E-state index in [-0.39, 0.29) is 12.0 Å². The highest BCUT2D eigenvalue weighted by atomic mass is 35.5. The van der Waals surface area contributed by atoms with Crippen molar-refractivity contribution in [3.63, 3.8) is 0 Å². The Kier molecular flexibility index (Phi) is 3.13. The fraction of sp³-hybridized carbons (Fsp3) is 0.417. The van der Waals surface area contributed by atoms with Gasteiger partial charge in [0.1, 0.15) is 11.9 Å². The predicted octanol–water partition coefficient (Wildman–Crippen LogP) is 3.41. The molecular weight excluding hydrogens is 210 g/mol. The molecule has 1 saturated carbocycles. The van der Waals surface area contributed by atoms with E-state index >= 15 is 0 Å². The van der Waals surface area contributed by atoms with E-state index in [1.165, 1.54) is 0 Å². The fourth-order valence-corrected chi connectivity index (χ4v) is 2.10. The Morgan fingerprint density at radius 3 is 2.87 bits per heavy atom. The van der Waals surface area contributed by atoms with Gasteiger partial charge in [0.15, 0.2) is 0 Å². The Morgan fingerprint density at radius 2 is 2.13 bits per heavy atom. The minimum absolute atomic E-state index is 0.00917. The Bertz CT molecular complexity index is 385. The molecule has 1 aromatic carbocycles. The average Bonchev–Trinajstić information content (AvgIpc) is 2.69. The molecular formula is C12H12ClNO. The number of hydrogen-bond acceptors (Lipinski definition) is 2. The molecule has 15 heavy (non-hydrogen) atoms. The van der Waals surface area contributed by atoms with E-state index in [2.05, 4.69) is 6.07 Å². The van der Waals surface area contributed by atoms with E-state index < -0.39 is 0 Å². The molecule has 1 fully saturated rings. The van der Waals surface area contributed by atoms with Gasteiger partial charge in [-0.25, -0.2) is 0 Å². The minimum atomic E-state index is 0.00917. The number of ether oxygens (including phenoxy) is 1. The van der Waals surface area contributed by atoms with Crippen molar-refractivity contribution in [1.29, 1.82) is 5.26 Å². The van der Waals surface area contributed by atoms with E-state index in [9.17, 15) is 0 Å². The molecule has 0 bridgehead atoms. The number of nitriles is 1. The first-order valence-electron chi connectivity index (χ1n) is 5.12. The van der Waals surface area contributed by atoms with Crippen molar-refractivity contribution in [2.45, 2.75) is 25.4 Å². The topological polar surface area (TPSA) is 33.0 Å². The minimum Gasteiger partial charge on any atom is -0.488 e. The lowest BCUT2D eigenvalue weighted by molar-refractivity contribution is 0.183. The van der Waals surface area contributed by atoms with Gasteiger partial charge in [-0.05, 0) is 31.4 Å². The summed E-state index contributed by atoms with van der Waals surface area (Å²) in [6.07, 6.45) is 2.96. The maximum Gasteiger partial charge on any atom is 0.138 e. The van der Waals surface area contributed by atoms with E-state index in [0.717, 1.165) is 19.3 Å². The predicted molar refractivity (Wildman–Crippen MR) is 58.8 cm³/mol. The molecule has 0 radical (unpaired) electrons. The van der Waals surface area contributed by atoms with Gasteiger partial charge in [-0.3, -0.25) is 0 Å². The van der Waals surface area contributed by atoms with Gasteiger partial charge in [0.2, 0.25) is 0 Å². The van der Waals surface area contributed by atoms with Crippen LogP contribution in [0.3, 0.4) is 0 Å². The molecule has 2 nitrogen and oxygen atoms in total. The number of nitrogens with zero attached hydrogens (tertiary/aromatic N) is 1. The highest BCUT2D eigenvalue weighted by molar-refractivity contribution is 6.32. The maximum absolute atomic E-state index is 8.92. The Balaban J connectivity index is 2.09. The summed E-state index contributed by atoms with van der Waals surface area (Å²) in [5.74, 6) is 0.701. The van der Waals surface area contributed by atoms with Crippen LogP contribution in [0.4, 0.5) is 0 Å². The van der Waals surface area contributed by atoms with Crippen LogP contribution in [0.25, 0.3) is 0 Å². The zero-order valence-electron chi connectivity index (χ0n) is 8.32. The highest BCUT2D eigenvalue weighted by Crippen LogP contribution is 2.32. The summed E-state index contributed by atoms with van der Waals surface area (Å²) in [6, 6.07) is 9.68. The molecule has 0 saturated heterocycles. The SMILES string of the molecule is N#CC1CCCC1Oc1ccccc1Cl. The van der Waals surface area contributed by atoms with E-state index in [0.29, 0.717) is 10.8 Å². The van der Waals surface area contributed by atoms with Crippen LogP contribution in [-0.4, -0.2) is 6.10 Å². The highest BCUT2D eigenvalue weighted by Gasteiger charge is 2.29. The van der Waals surface area contributed by atoms with Gasteiger partial charge in [0.05, 0.1) is 17.0 Å². The van der Waals surface area contributed by atoms with Gasteiger partial charge in [0.25, 0.3) is 0 Å². The van der Waals surface area contributed by atoms with Crippen LogP contribution in [0.2, 0.25) is 5.02 Å². The summed E-state index contributed by atoms with van der Waals surface area (Å²) < 4.78 is 5.76. The van der Waals surface area contributed by atoms with Crippen molar-refractivity contribution in [2.24, 2.45) is 5.92 Å². The van der Waals surface area contributed by atoms with Gasteiger partial charge < -0.3 is 4.74 Å². The third-order valence-corrected chi connectivity index (χ3v) is 3.05. The molecule has 0 N–H and O–H groups in total. The van der Waals surface area contributed by atoms with E-state index in [1.807, 2.05) is 18.2 Å². The molecule has 0 aliphatic heterocycles. The molecule has 78 valence electrons. The molecule has 2 atom stereocenters. The average molecular weight is 222 g/mol. The van der Waals surface area contributed by atoms with E-state index in [1.54, 1.807) is 6.07 Å². The lowest BCUT2D eigenvalue weighted by Crippen LogP contribution is -2.20. The number of para-hydroxylation sites is 1. The van der Waals surface area contributed by atoms with Crippen LogP contribution >= 0.6 is 11.6 Å². The molecule has 0 aromatic heterocycles. The van der Waals surface area contributed by atoms with Crippen molar-refractivity contribution in [3.05, 3.63) is 29.3 Å². The second kappa shape index (κ2) is 4.55. The van der Waals surface area contributed by atoms with Gasteiger partial charge in [-0.2, -0.15) is 5.26 Å². The van der Waals surface area contributed by atoms with Crippen LogP contribution in [0.5, 0.6) is 5.75 Å². The zero-order valence-corrected chi connectivity index (χ0v) is 9.07. The molecule has 3 heteroatoms. The molecule has 2 rings (SSSR count). The Hall–Kier alpha value is -1.20. The molecule has 0 amide bonds. The van der Waals surface area contributed by atoms with Gasteiger partial charge >= 0.3 is 0 Å². The zero-order chi connectivity index (χ0) is 10.7. The summed E-state index contributed by atoms with van der Waals surface area (Å²) in [7, 11) is 0. The number of benzene rings is 1. The first-order chi connectivity index (χ1) is 7.31. The quantitative estimate of drug-likeness (QED) is 0.767. The Labute approximate surface area is 94.4 Å². The smallest absolute Gasteiger partial charge is 0.138 e. The van der Waals surface area contributed by atoms with Crippen LogP contribution in [0.15, 0.2) is 24.3 Å². The standard InChI is InChI=1S/C12H12ClNO/c13-10-5-1-2-6-12(10)15-11-7-3-4-9(11)8-14/h1-2,5-6,9,11H,3-4,7H2. The summed E-state index contributed by atoms with van der Waals surface area (Å²) >= 11 is 5.99. The fourth-order valence-electron chi connectivity index (χ4n) is 1.92. The van der Waals surface area contributed by atoms with Crippen molar-refractivity contribution in [1.82, 2.24) is 0 Å². The van der Waals surface area contributed by atoms with Gasteiger partial charge in [-0.1, -0.05) is 23.7 Å². The van der Waals surface area contributed by atoms with Crippen molar-refractivity contribution in [2.75, 3.05) is 0 Å². The molecule has 0 spiro atoms. The van der Waals surface area contributed by atoms with Crippen LogP contribution in [-0.2, 0) is 0 Å². The van der Waals surface area contributed by atoms with Crippen molar-refractivity contribution in [3.8, 4) is 11.8 Å². The van der Waals surface area contributed by atoms with E-state index in [4.69, 9.17) is 21.6 Å². The van der Waals surface area contributed by atoms with Crippen LogP contribution < -0.4 is 4.74 Å². The molecule has 1 aliphatic rings. The van der Waals surface area contributed by atoms with Crippen molar-refractivity contribution < 1.29 is 4.74 Å². The first kappa shape index (κ1) is 10.3. The normalized spacial score (nSPS) is 24.8. The third kappa shape index (κ3) is 2.24. The molecule has 1 aromatic rings. The first-order valence-corrected chi connectivity index (χ1v) is 5.50. The second-order valence-electron chi connectivity index (χ2n) is 3.75. The Morgan fingerprint density at radius 1 is 1.33 bits per heavy atom. The van der Waals surface area contributed by atoms with Gasteiger partial charge in [0, 0.05) is 0 Å². The summed E-state index contributed by atoms with van der Waals surface area (Å²) in [5, 5.41) is 9.53. The lowest BCUT2D eigenvalue weighted by atomic mass is 10.1. The summed E-state index contributed by atoms with van der Waals surface area (Å²) in [6.45, 7) is 0. The number of hydrogen-bond donors (Lipinski definition) is 0. The monoisotopic (exact) mass is 221 g/mol. The maximum atomic E-state index is 8.92. The molecule has 2 unspecified atom stereocenters. The second-order valence-corrected chi connectivity index (χ2v) is 4.16. The third-order valence-electron chi connectivity index (χ3n) is 2.73. The summed E-state index contributed by atoms with van der Waals surface area (Å²) in [4.78, 5) is 0. The largest absolute Gasteiger partial charge is 0.488 e. The number of halogens is 1. The molecule has 1 aliphatic carbocycles.